The highest BCUT2D eigenvalue weighted by atomic mass is 35.5. The summed E-state index contributed by atoms with van der Waals surface area (Å²) in [5.41, 5.74) is 0.649. The number of carbonyl (C=O) groups is 5. The minimum Gasteiger partial charge on any atom is -0.423 e. The fourth-order valence-corrected chi connectivity index (χ4v) is 7.17. The maximum atomic E-state index is 13.9. The summed E-state index contributed by atoms with van der Waals surface area (Å²) in [4.78, 5) is 67.5. The number of carbonyl (C=O) groups excluding carboxylic acids is 5. The Morgan fingerprint density at radius 2 is 1.37 bits per heavy atom. The number of rotatable bonds is 7. The number of esters is 1. The molecule has 3 amide bonds. The number of amides is 3. The molecule has 1 aliphatic heterocycles. The lowest BCUT2D eigenvalue weighted by Crippen LogP contribution is -2.52. The van der Waals surface area contributed by atoms with Gasteiger partial charge in [0.15, 0.2) is 5.78 Å². The number of allylic oxidation sites excluding steroid dienone is 2. The van der Waals surface area contributed by atoms with Gasteiger partial charge in [-0.15, -0.1) is 0 Å². The first-order valence-corrected chi connectivity index (χ1v) is 14.7. The lowest BCUT2D eigenvalue weighted by atomic mass is 9.63. The summed E-state index contributed by atoms with van der Waals surface area (Å²) in [6.07, 6.45) is 5.07. The number of hydrazine groups is 1. The fourth-order valence-electron chi connectivity index (χ4n) is 6.87. The fraction of sp³-hybridized carbons (Fsp3) is 0.242. The Labute approximate surface area is 256 Å². The maximum absolute atomic E-state index is 13.9. The van der Waals surface area contributed by atoms with E-state index in [1.165, 1.54) is 42.5 Å². The van der Waals surface area contributed by atoms with E-state index in [1.54, 1.807) is 30.3 Å². The van der Waals surface area contributed by atoms with Crippen LogP contribution in [0.15, 0.2) is 84.9 Å². The molecular formula is C33H24Cl2N2O6. The number of hydrogen-bond donors (Lipinski definition) is 0. The summed E-state index contributed by atoms with van der Waals surface area (Å²) >= 11 is 12.2. The van der Waals surface area contributed by atoms with Crippen LogP contribution in [0.3, 0.4) is 0 Å². The zero-order chi connectivity index (χ0) is 30.0. The Morgan fingerprint density at radius 3 is 1.98 bits per heavy atom. The van der Waals surface area contributed by atoms with Crippen LogP contribution >= 0.6 is 23.2 Å². The molecule has 216 valence electrons. The summed E-state index contributed by atoms with van der Waals surface area (Å²) < 4.78 is 5.39. The van der Waals surface area contributed by atoms with Crippen molar-refractivity contribution >= 4 is 52.7 Å². The van der Waals surface area contributed by atoms with Crippen molar-refractivity contribution in [2.45, 2.75) is 6.42 Å². The van der Waals surface area contributed by atoms with Crippen LogP contribution in [0, 0.1) is 35.5 Å². The van der Waals surface area contributed by atoms with Crippen LogP contribution in [0.25, 0.3) is 0 Å². The van der Waals surface area contributed by atoms with Gasteiger partial charge in [-0.05, 0) is 84.7 Å². The van der Waals surface area contributed by atoms with Crippen molar-refractivity contribution in [3.05, 3.63) is 112 Å². The van der Waals surface area contributed by atoms with E-state index in [4.69, 9.17) is 27.9 Å². The molecule has 8 rings (SSSR count). The molecule has 0 radical (unpaired) electrons. The molecule has 2 saturated carbocycles. The standard InChI is InChI=1S/C33H24Cl2N2O6/c34-25-13-8-19(14-26(25)35)30(39)36(37-31(40)28-21-11-12-22(24-15-23(21)24)29(28)32(37)41)16-27(38)17-6-9-20(10-7-17)43-33(42)18-4-2-1-3-5-18/h1-14,21-24,28-29H,15-16H2/t21-,22-,23-,24-,28+,29+/m0/s1. The molecule has 1 heterocycles. The van der Waals surface area contributed by atoms with Crippen LogP contribution in [0.4, 0.5) is 0 Å². The first-order valence-electron chi connectivity index (χ1n) is 14.0. The molecular weight excluding hydrogens is 591 g/mol. The molecule has 3 aromatic rings. The molecule has 0 unspecified atom stereocenters. The third-order valence-electron chi connectivity index (χ3n) is 8.97. The lowest BCUT2D eigenvalue weighted by molar-refractivity contribution is -0.154. The molecule has 0 aromatic heterocycles. The minimum atomic E-state index is -0.730. The first-order chi connectivity index (χ1) is 20.7. The molecule has 5 aliphatic rings. The van der Waals surface area contributed by atoms with E-state index in [-0.39, 0.29) is 38.8 Å². The van der Waals surface area contributed by atoms with Crippen LogP contribution in [-0.2, 0) is 9.59 Å². The number of nitrogens with zero attached hydrogens (tertiary/aromatic N) is 2. The molecule has 3 aromatic carbocycles. The summed E-state index contributed by atoms with van der Waals surface area (Å²) in [7, 11) is 0. The highest BCUT2D eigenvalue weighted by Crippen LogP contribution is 2.65. The minimum absolute atomic E-state index is 0.0507. The van der Waals surface area contributed by atoms with Gasteiger partial charge >= 0.3 is 5.97 Å². The van der Waals surface area contributed by atoms with Crippen molar-refractivity contribution in [2.24, 2.45) is 35.5 Å². The van der Waals surface area contributed by atoms with Crippen LogP contribution in [0.5, 0.6) is 5.75 Å². The monoisotopic (exact) mass is 614 g/mol. The molecule has 10 heteroatoms. The van der Waals surface area contributed by atoms with Crippen molar-refractivity contribution in [2.75, 3.05) is 6.54 Å². The Hall–Kier alpha value is -4.27. The number of Topliss-reactive ketones (excluding diaryl/α,β-unsaturated/α-hetero) is 1. The van der Waals surface area contributed by atoms with Gasteiger partial charge in [-0.25, -0.2) is 9.80 Å². The van der Waals surface area contributed by atoms with E-state index in [2.05, 4.69) is 0 Å². The van der Waals surface area contributed by atoms with Crippen molar-refractivity contribution < 1.29 is 28.7 Å². The van der Waals surface area contributed by atoms with Gasteiger partial charge in [-0.2, -0.15) is 5.01 Å². The smallest absolute Gasteiger partial charge is 0.343 e. The lowest BCUT2D eigenvalue weighted by Gasteiger charge is -2.37. The molecule has 3 fully saturated rings. The van der Waals surface area contributed by atoms with Gasteiger partial charge in [0.2, 0.25) is 0 Å². The van der Waals surface area contributed by atoms with Crippen molar-refractivity contribution in [3.63, 3.8) is 0 Å². The second-order valence-electron chi connectivity index (χ2n) is 11.3. The number of halogens is 2. The maximum Gasteiger partial charge on any atom is 0.343 e. The van der Waals surface area contributed by atoms with Gasteiger partial charge in [0.05, 0.1) is 27.4 Å². The third-order valence-corrected chi connectivity index (χ3v) is 9.71. The number of imide groups is 1. The SMILES string of the molecule is O=C(CN(C(=O)c1ccc(Cl)c(Cl)c1)N1C(=O)[C@@H]2[C@H]3C=C[C@@H]([C@@H]4C[C@@H]34)[C@H]2C1=O)c1ccc(OC(=O)c2ccccc2)cc1. The molecule has 6 atom stereocenters. The predicted molar refractivity (Wildman–Crippen MR) is 156 cm³/mol. The van der Waals surface area contributed by atoms with Crippen LogP contribution in [-0.4, -0.2) is 46.0 Å². The largest absolute Gasteiger partial charge is 0.423 e. The highest BCUT2D eigenvalue weighted by Gasteiger charge is 2.68. The number of ether oxygens (including phenoxy) is 1. The van der Waals surface area contributed by atoms with Gasteiger partial charge in [-0.3, -0.25) is 19.2 Å². The first kappa shape index (κ1) is 27.6. The molecule has 2 bridgehead atoms. The van der Waals surface area contributed by atoms with Crippen molar-refractivity contribution in [3.8, 4) is 5.75 Å². The summed E-state index contributed by atoms with van der Waals surface area (Å²) in [6.45, 7) is -0.575. The quantitative estimate of drug-likeness (QED) is 0.114. The molecule has 1 saturated heterocycles. The molecule has 4 aliphatic carbocycles. The van der Waals surface area contributed by atoms with Crippen molar-refractivity contribution in [1.29, 1.82) is 0 Å². The van der Waals surface area contributed by atoms with Crippen LogP contribution < -0.4 is 4.74 Å². The summed E-state index contributed by atoms with van der Waals surface area (Å²) in [5.74, 6) is -2.96. The van der Waals surface area contributed by atoms with Gasteiger partial charge < -0.3 is 4.74 Å². The molecule has 8 nitrogen and oxygen atoms in total. The third kappa shape index (κ3) is 4.65. The van der Waals surface area contributed by atoms with E-state index in [0.717, 1.165) is 16.4 Å². The summed E-state index contributed by atoms with van der Waals surface area (Å²) in [5, 5.41) is 2.16. The van der Waals surface area contributed by atoms with Crippen LogP contribution in [0.1, 0.15) is 37.5 Å². The average Bonchev–Trinajstić information content (AvgIpc) is 3.80. The Balaban J connectivity index is 1.16. The number of ketones is 1. The number of hydrogen-bond acceptors (Lipinski definition) is 6. The zero-order valence-electron chi connectivity index (χ0n) is 22.6. The Morgan fingerprint density at radius 1 is 0.767 bits per heavy atom. The van der Waals surface area contributed by atoms with E-state index in [9.17, 15) is 24.0 Å². The normalized spacial score (nSPS) is 26.1. The van der Waals surface area contributed by atoms with Crippen LogP contribution in [0.2, 0.25) is 10.0 Å². The van der Waals surface area contributed by atoms with E-state index >= 15 is 0 Å². The Kier molecular flexibility index (Phi) is 6.71. The van der Waals surface area contributed by atoms with Gasteiger partial charge in [0, 0.05) is 11.1 Å². The average molecular weight is 615 g/mol. The van der Waals surface area contributed by atoms with Gasteiger partial charge in [0.1, 0.15) is 12.3 Å². The predicted octanol–water partition coefficient (Wildman–Crippen LogP) is 5.51. The van der Waals surface area contributed by atoms with Gasteiger partial charge in [0.25, 0.3) is 17.7 Å². The highest BCUT2D eigenvalue weighted by molar-refractivity contribution is 6.42. The number of benzene rings is 3. The molecule has 0 spiro atoms. The topological polar surface area (TPSA) is 101 Å². The van der Waals surface area contributed by atoms with E-state index in [1.807, 2.05) is 12.2 Å². The summed E-state index contributed by atoms with van der Waals surface area (Å²) in [6, 6.07) is 18.6. The second-order valence-corrected chi connectivity index (χ2v) is 12.2. The molecule has 43 heavy (non-hydrogen) atoms. The van der Waals surface area contributed by atoms with Gasteiger partial charge in [-0.1, -0.05) is 53.6 Å². The van der Waals surface area contributed by atoms with E-state index < -0.39 is 47.9 Å². The van der Waals surface area contributed by atoms with Crippen molar-refractivity contribution in [1.82, 2.24) is 10.0 Å². The Bertz CT molecular complexity index is 1690. The van der Waals surface area contributed by atoms with E-state index in [0.29, 0.717) is 17.4 Å². The zero-order valence-corrected chi connectivity index (χ0v) is 24.1. The second kappa shape index (κ2) is 10.5. The molecule has 0 N–H and O–H groups in total.